The first-order chi connectivity index (χ1) is 7.67. The average molecular weight is 221 g/mol. The second-order valence-electron chi connectivity index (χ2n) is 3.88. The van der Waals surface area contributed by atoms with E-state index in [9.17, 15) is 4.79 Å². The molecule has 0 aliphatic heterocycles. The fraction of sp³-hybridized carbons (Fsp3) is 0.462. The summed E-state index contributed by atoms with van der Waals surface area (Å²) in [5, 5.41) is 0. The Bertz CT molecular complexity index is 350. The van der Waals surface area contributed by atoms with Crippen LogP contribution < -0.4 is 5.73 Å². The molecule has 1 rings (SSSR count). The Hall–Kier alpha value is -1.35. The SMILES string of the molecule is CCOC(=O)[C@H](C)Cc1cccc(CN)c1. The second-order valence-corrected chi connectivity index (χ2v) is 3.88. The molecule has 3 nitrogen and oxygen atoms in total. The van der Waals surface area contributed by atoms with Gasteiger partial charge in [-0.25, -0.2) is 0 Å². The number of hydrogen-bond donors (Lipinski definition) is 1. The van der Waals surface area contributed by atoms with Crippen molar-refractivity contribution < 1.29 is 9.53 Å². The third kappa shape index (κ3) is 3.66. The molecule has 88 valence electrons. The number of carbonyl (C=O) groups excluding carboxylic acids is 1. The molecule has 0 amide bonds. The Morgan fingerprint density at radius 2 is 2.12 bits per heavy atom. The minimum absolute atomic E-state index is 0.104. The monoisotopic (exact) mass is 221 g/mol. The van der Waals surface area contributed by atoms with E-state index < -0.39 is 0 Å². The number of hydrogen-bond acceptors (Lipinski definition) is 3. The zero-order chi connectivity index (χ0) is 12.0. The Morgan fingerprint density at radius 1 is 1.44 bits per heavy atom. The molecule has 0 aliphatic carbocycles. The highest BCUT2D eigenvalue weighted by Gasteiger charge is 2.14. The van der Waals surface area contributed by atoms with E-state index in [0.717, 1.165) is 11.1 Å². The third-order valence-electron chi connectivity index (χ3n) is 2.46. The number of esters is 1. The van der Waals surface area contributed by atoms with Gasteiger partial charge in [-0.05, 0) is 24.5 Å². The Morgan fingerprint density at radius 3 is 2.75 bits per heavy atom. The maximum absolute atomic E-state index is 11.5. The number of ether oxygens (including phenoxy) is 1. The summed E-state index contributed by atoms with van der Waals surface area (Å²) >= 11 is 0. The van der Waals surface area contributed by atoms with E-state index >= 15 is 0 Å². The van der Waals surface area contributed by atoms with Crippen LogP contribution in [0.1, 0.15) is 25.0 Å². The van der Waals surface area contributed by atoms with Crippen LogP contribution in [0, 0.1) is 5.92 Å². The third-order valence-corrected chi connectivity index (χ3v) is 2.46. The number of nitrogens with two attached hydrogens (primary N) is 1. The van der Waals surface area contributed by atoms with Gasteiger partial charge in [-0.3, -0.25) is 4.79 Å². The molecule has 0 spiro atoms. The maximum Gasteiger partial charge on any atom is 0.308 e. The summed E-state index contributed by atoms with van der Waals surface area (Å²) < 4.78 is 4.97. The van der Waals surface area contributed by atoms with E-state index in [1.807, 2.05) is 38.1 Å². The largest absolute Gasteiger partial charge is 0.466 e. The number of rotatable bonds is 5. The zero-order valence-corrected chi connectivity index (χ0v) is 9.90. The predicted molar refractivity (Wildman–Crippen MR) is 63.8 cm³/mol. The molecular weight excluding hydrogens is 202 g/mol. The van der Waals surface area contributed by atoms with Gasteiger partial charge >= 0.3 is 5.97 Å². The highest BCUT2D eigenvalue weighted by molar-refractivity contribution is 5.72. The number of benzene rings is 1. The van der Waals surface area contributed by atoms with Crippen LogP contribution in [0.4, 0.5) is 0 Å². The Balaban J connectivity index is 2.61. The summed E-state index contributed by atoms with van der Waals surface area (Å²) in [7, 11) is 0. The van der Waals surface area contributed by atoms with Crippen molar-refractivity contribution in [1.82, 2.24) is 0 Å². The van der Waals surface area contributed by atoms with E-state index in [0.29, 0.717) is 19.6 Å². The van der Waals surface area contributed by atoms with E-state index in [4.69, 9.17) is 10.5 Å². The van der Waals surface area contributed by atoms with Crippen LogP contribution >= 0.6 is 0 Å². The smallest absolute Gasteiger partial charge is 0.308 e. The van der Waals surface area contributed by atoms with Crippen LogP contribution in [-0.2, 0) is 22.5 Å². The van der Waals surface area contributed by atoms with E-state index in [2.05, 4.69) is 0 Å². The zero-order valence-electron chi connectivity index (χ0n) is 9.90. The van der Waals surface area contributed by atoms with Gasteiger partial charge in [0.1, 0.15) is 0 Å². The van der Waals surface area contributed by atoms with Crippen LogP contribution in [-0.4, -0.2) is 12.6 Å². The maximum atomic E-state index is 11.5. The summed E-state index contributed by atoms with van der Waals surface area (Å²) in [4.78, 5) is 11.5. The fourth-order valence-corrected chi connectivity index (χ4v) is 1.61. The van der Waals surface area contributed by atoms with Crippen molar-refractivity contribution in [2.24, 2.45) is 11.7 Å². The standard InChI is InChI=1S/C13H19NO2/c1-3-16-13(15)10(2)7-11-5-4-6-12(8-11)9-14/h4-6,8,10H,3,7,9,14H2,1-2H3/t10-/m1/s1. The topological polar surface area (TPSA) is 52.3 Å². The Kier molecular flexibility index (Phi) is 4.99. The summed E-state index contributed by atoms with van der Waals surface area (Å²) in [5.74, 6) is -0.242. The lowest BCUT2D eigenvalue weighted by Crippen LogP contribution is -2.17. The van der Waals surface area contributed by atoms with Crippen molar-refractivity contribution in [2.45, 2.75) is 26.8 Å². The first kappa shape index (κ1) is 12.7. The highest BCUT2D eigenvalue weighted by Crippen LogP contribution is 2.12. The first-order valence-corrected chi connectivity index (χ1v) is 5.62. The predicted octanol–water partition coefficient (Wildman–Crippen LogP) is 1.89. The van der Waals surface area contributed by atoms with Crippen LogP contribution in [0.25, 0.3) is 0 Å². The number of carbonyl (C=O) groups is 1. The summed E-state index contributed by atoms with van der Waals surface area (Å²) in [6.07, 6.45) is 0.701. The Labute approximate surface area is 96.6 Å². The molecule has 1 aromatic carbocycles. The summed E-state index contributed by atoms with van der Waals surface area (Å²) in [5.41, 5.74) is 7.78. The molecule has 0 bridgehead atoms. The minimum Gasteiger partial charge on any atom is -0.466 e. The van der Waals surface area contributed by atoms with Gasteiger partial charge in [0.05, 0.1) is 12.5 Å². The van der Waals surface area contributed by atoms with Crippen LogP contribution in [0.5, 0.6) is 0 Å². The highest BCUT2D eigenvalue weighted by atomic mass is 16.5. The lowest BCUT2D eigenvalue weighted by atomic mass is 10.00. The van der Waals surface area contributed by atoms with E-state index in [1.54, 1.807) is 0 Å². The van der Waals surface area contributed by atoms with E-state index in [1.165, 1.54) is 0 Å². The first-order valence-electron chi connectivity index (χ1n) is 5.62. The molecule has 0 saturated heterocycles. The van der Waals surface area contributed by atoms with Gasteiger partial charge in [-0.15, -0.1) is 0 Å². The van der Waals surface area contributed by atoms with Gasteiger partial charge in [-0.1, -0.05) is 31.2 Å². The molecule has 1 aromatic rings. The molecule has 0 aromatic heterocycles. The normalized spacial score (nSPS) is 12.2. The molecule has 0 heterocycles. The quantitative estimate of drug-likeness (QED) is 0.772. The molecule has 1 atom stereocenters. The van der Waals surface area contributed by atoms with Crippen molar-refractivity contribution in [3.8, 4) is 0 Å². The second kappa shape index (κ2) is 6.28. The van der Waals surface area contributed by atoms with Gasteiger partial charge in [0, 0.05) is 6.54 Å². The van der Waals surface area contributed by atoms with E-state index in [-0.39, 0.29) is 11.9 Å². The van der Waals surface area contributed by atoms with Crippen LogP contribution in [0.3, 0.4) is 0 Å². The van der Waals surface area contributed by atoms with Crippen LogP contribution in [0.15, 0.2) is 24.3 Å². The van der Waals surface area contributed by atoms with Gasteiger partial charge < -0.3 is 10.5 Å². The summed E-state index contributed by atoms with van der Waals surface area (Å²) in [6, 6.07) is 8.00. The molecule has 2 N–H and O–H groups in total. The molecule has 0 saturated carbocycles. The molecule has 16 heavy (non-hydrogen) atoms. The van der Waals surface area contributed by atoms with Gasteiger partial charge in [0.15, 0.2) is 0 Å². The van der Waals surface area contributed by atoms with Crippen molar-refractivity contribution in [3.63, 3.8) is 0 Å². The molecule has 0 aliphatic rings. The fourth-order valence-electron chi connectivity index (χ4n) is 1.61. The average Bonchev–Trinajstić information content (AvgIpc) is 2.29. The summed E-state index contributed by atoms with van der Waals surface area (Å²) in [6.45, 7) is 4.67. The van der Waals surface area contributed by atoms with Crippen molar-refractivity contribution >= 4 is 5.97 Å². The van der Waals surface area contributed by atoms with Crippen molar-refractivity contribution in [2.75, 3.05) is 6.61 Å². The van der Waals surface area contributed by atoms with Crippen molar-refractivity contribution in [1.29, 1.82) is 0 Å². The van der Waals surface area contributed by atoms with Gasteiger partial charge in [-0.2, -0.15) is 0 Å². The van der Waals surface area contributed by atoms with Gasteiger partial charge in [0.2, 0.25) is 0 Å². The lowest BCUT2D eigenvalue weighted by molar-refractivity contribution is -0.147. The van der Waals surface area contributed by atoms with Gasteiger partial charge in [0.25, 0.3) is 0 Å². The molecule has 0 fully saturated rings. The molecule has 0 unspecified atom stereocenters. The minimum atomic E-state index is -0.138. The molecule has 0 radical (unpaired) electrons. The van der Waals surface area contributed by atoms with Crippen LogP contribution in [0.2, 0.25) is 0 Å². The van der Waals surface area contributed by atoms with Crippen molar-refractivity contribution in [3.05, 3.63) is 35.4 Å². The lowest BCUT2D eigenvalue weighted by Gasteiger charge is -2.10. The molecule has 3 heteroatoms. The molecular formula is C13H19NO2.